The van der Waals surface area contributed by atoms with Gasteiger partial charge in [-0.15, -0.1) is 0 Å². The highest BCUT2D eigenvalue weighted by Gasteiger charge is 2.31. The van der Waals surface area contributed by atoms with Crippen molar-refractivity contribution in [2.45, 2.75) is 16.0 Å². The van der Waals surface area contributed by atoms with Gasteiger partial charge in [-0.3, -0.25) is 0 Å². The molecule has 6 heteroatoms. The summed E-state index contributed by atoms with van der Waals surface area (Å²) in [5.41, 5.74) is 0.558. The van der Waals surface area contributed by atoms with Crippen LogP contribution in [-0.2, 0) is 6.18 Å². The van der Waals surface area contributed by atoms with E-state index in [2.05, 4.69) is 5.32 Å². The number of methoxy groups -OCH3 is 1. The van der Waals surface area contributed by atoms with Gasteiger partial charge in [-0.05, 0) is 30.3 Å². The summed E-state index contributed by atoms with van der Waals surface area (Å²) < 4.78 is 43.3. The third-order valence-electron chi connectivity index (χ3n) is 2.98. The molecule has 0 amide bonds. The Morgan fingerprint density at radius 3 is 2.30 bits per heavy atom. The maximum Gasteiger partial charge on any atom is 0.416 e. The number of nitrogens with one attached hydrogen (secondary N) is 1. The highest BCUT2D eigenvalue weighted by molar-refractivity contribution is 7.99. The Balaban J connectivity index is 2.00. The van der Waals surface area contributed by atoms with Gasteiger partial charge in [0.2, 0.25) is 0 Å². The lowest BCUT2D eigenvalue weighted by Gasteiger charge is -2.22. The van der Waals surface area contributed by atoms with Crippen molar-refractivity contribution < 1.29 is 17.9 Å². The molecule has 1 N–H and O–H groups in total. The quantitative estimate of drug-likeness (QED) is 0.688. The zero-order valence-electron chi connectivity index (χ0n) is 10.4. The minimum Gasteiger partial charge on any atom is -0.497 e. The summed E-state index contributed by atoms with van der Waals surface area (Å²) >= 11 is 1.44. The average molecular weight is 297 g/mol. The van der Waals surface area contributed by atoms with E-state index < -0.39 is 11.7 Å². The van der Waals surface area contributed by atoms with Crippen molar-refractivity contribution in [1.82, 2.24) is 0 Å². The van der Waals surface area contributed by atoms with Crippen molar-refractivity contribution >= 4 is 23.1 Å². The number of ether oxygens (including phenoxy) is 1. The molecule has 2 aromatic rings. The molecule has 1 aliphatic heterocycles. The van der Waals surface area contributed by atoms with Gasteiger partial charge in [0.05, 0.1) is 24.0 Å². The Hall–Kier alpha value is -1.82. The van der Waals surface area contributed by atoms with E-state index in [9.17, 15) is 13.2 Å². The van der Waals surface area contributed by atoms with Crippen LogP contribution in [0.1, 0.15) is 5.56 Å². The van der Waals surface area contributed by atoms with Gasteiger partial charge in [-0.2, -0.15) is 13.2 Å². The van der Waals surface area contributed by atoms with Crippen molar-refractivity contribution in [3.63, 3.8) is 0 Å². The molecule has 0 aliphatic carbocycles. The van der Waals surface area contributed by atoms with E-state index in [0.717, 1.165) is 27.6 Å². The molecule has 0 saturated heterocycles. The van der Waals surface area contributed by atoms with Crippen LogP contribution < -0.4 is 10.1 Å². The van der Waals surface area contributed by atoms with Crippen molar-refractivity contribution in [1.29, 1.82) is 0 Å². The first-order valence-electron chi connectivity index (χ1n) is 5.81. The number of hydrogen-bond donors (Lipinski definition) is 1. The van der Waals surface area contributed by atoms with E-state index in [0.29, 0.717) is 11.4 Å². The second kappa shape index (κ2) is 4.63. The lowest BCUT2D eigenvalue weighted by molar-refractivity contribution is -0.137. The number of fused-ring (bicyclic) bond motifs is 2. The molecule has 0 aromatic heterocycles. The molecule has 3 rings (SSSR count). The van der Waals surface area contributed by atoms with Crippen LogP contribution >= 0.6 is 11.8 Å². The van der Waals surface area contributed by atoms with Gasteiger partial charge in [-0.1, -0.05) is 11.8 Å². The molecule has 104 valence electrons. The van der Waals surface area contributed by atoms with Crippen molar-refractivity contribution in [3.05, 3.63) is 42.0 Å². The lowest BCUT2D eigenvalue weighted by atomic mass is 10.2. The summed E-state index contributed by atoms with van der Waals surface area (Å²) in [6.45, 7) is 0. The van der Waals surface area contributed by atoms with E-state index in [1.165, 1.54) is 17.8 Å². The molecule has 0 atom stereocenters. The molecule has 0 bridgehead atoms. The van der Waals surface area contributed by atoms with Gasteiger partial charge < -0.3 is 10.1 Å². The molecule has 0 saturated carbocycles. The van der Waals surface area contributed by atoms with Gasteiger partial charge in [0.25, 0.3) is 0 Å². The maximum atomic E-state index is 12.7. The first kappa shape index (κ1) is 13.2. The molecule has 0 radical (unpaired) electrons. The normalized spacial score (nSPS) is 13.2. The van der Waals surface area contributed by atoms with Crippen molar-refractivity contribution in [2.24, 2.45) is 0 Å². The number of halogens is 3. The van der Waals surface area contributed by atoms with Crippen molar-refractivity contribution in [2.75, 3.05) is 12.4 Å². The molecule has 1 aliphatic rings. The SMILES string of the molecule is COc1ccc2c(c1)Nc1cc(C(F)(F)F)ccc1S2. The smallest absolute Gasteiger partial charge is 0.416 e. The predicted octanol–water partition coefficient (Wildman–Crippen LogP) is 4.92. The number of benzene rings is 2. The molecule has 20 heavy (non-hydrogen) atoms. The Labute approximate surface area is 117 Å². The number of hydrogen-bond acceptors (Lipinski definition) is 3. The first-order chi connectivity index (χ1) is 9.47. The van der Waals surface area contributed by atoms with Crippen LogP contribution in [0.4, 0.5) is 24.5 Å². The predicted molar refractivity (Wildman–Crippen MR) is 71.8 cm³/mol. The van der Waals surface area contributed by atoms with Crippen molar-refractivity contribution in [3.8, 4) is 5.75 Å². The van der Waals surface area contributed by atoms with E-state index >= 15 is 0 Å². The fourth-order valence-corrected chi connectivity index (χ4v) is 2.93. The first-order valence-corrected chi connectivity index (χ1v) is 6.63. The van der Waals surface area contributed by atoms with Crippen LogP contribution in [0.5, 0.6) is 5.75 Å². The van der Waals surface area contributed by atoms with Crippen LogP contribution in [0.15, 0.2) is 46.2 Å². The van der Waals surface area contributed by atoms with Crippen LogP contribution in [0.25, 0.3) is 0 Å². The zero-order valence-corrected chi connectivity index (χ0v) is 11.2. The number of anilines is 2. The highest BCUT2D eigenvalue weighted by Crippen LogP contribution is 2.46. The molecule has 2 nitrogen and oxygen atoms in total. The summed E-state index contributed by atoms with van der Waals surface area (Å²) in [4.78, 5) is 1.73. The Bertz CT molecular complexity index is 670. The largest absolute Gasteiger partial charge is 0.497 e. The third kappa shape index (κ3) is 2.31. The Morgan fingerprint density at radius 2 is 1.65 bits per heavy atom. The molecule has 0 spiro atoms. The topological polar surface area (TPSA) is 21.3 Å². The third-order valence-corrected chi connectivity index (χ3v) is 4.13. The van der Waals surface area contributed by atoms with Crippen LogP contribution in [0, 0.1) is 0 Å². The number of rotatable bonds is 1. The van der Waals surface area contributed by atoms with Crippen LogP contribution in [-0.4, -0.2) is 7.11 Å². The minimum absolute atomic E-state index is 0.463. The Morgan fingerprint density at radius 1 is 1.00 bits per heavy atom. The van der Waals surface area contributed by atoms with Gasteiger partial charge in [0.1, 0.15) is 5.75 Å². The summed E-state index contributed by atoms with van der Waals surface area (Å²) in [6.07, 6.45) is -4.34. The van der Waals surface area contributed by atoms with Crippen LogP contribution in [0.2, 0.25) is 0 Å². The molecule has 1 heterocycles. The van der Waals surface area contributed by atoms with Gasteiger partial charge in [0, 0.05) is 15.9 Å². The minimum atomic E-state index is -4.34. The fourth-order valence-electron chi connectivity index (χ4n) is 1.98. The molecule has 2 aromatic carbocycles. The van der Waals surface area contributed by atoms with E-state index in [4.69, 9.17) is 4.74 Å². The number of alkyl halides is 3. The monoisotopic (exact) mass is 297 g/mol. The zero-order chi connectivity index (χ0) is 14.3. The fraction of sp³-hybridized carbons (Fsp3) is 0.143. The van der Waals surface area contributed by atoms with Gasteiger partial charge in [0.15, 0.2) is 0 Å². The van der Waals surface area contributed by atoms with E-state index in [1.54, 1.807) is 13.2 Å². The van der Waals surface area contributed by atoms with Gasteiger partial charge in [-0.25, -0.2) is 0 Å². The average Bonchev–Trinajstić information content (AvgIpc) is 2.42. The highest BCUT2D eigenvalue weighted by atomic mass is 32.2. The summed E-state index contributed by atoms with van der Waals surface area (Å²) in [5, 5.41) is 3.03. The summed E-state index contributed by atoms with van der Waals surface area (Å²) in [6, 6.07) is 9.19. The van der Waals surface area contributed by atoms with Crippen LogP contribution in [0.3, 0.4) is 0 Å². The van der Waals surface area contributed by atoms with Gasteiger partial charge >= 0.3 is 6.18 Å². The second-order valence-corrected chi connectivity index (χ2v) is 5.38. The molecular formula is C14H10F3NOS. The second-order valence-electron chi connectivity index (χ2n) is 4.30. The lowest BCUT2D eigenvalue weighted by Crippen LogP contribution is -2.07. The summed E-state index contributed by atoms with van der Waals surface area (Å²) in [5.74, 6) is 0.660. The van der Waals surface area contributed by atoms with E-state index in [-0.39, 0.29) is 0 Å². The molecule has 0 fully saturated rings. The van der Waals surface area contributed by atoms with E-state index in [1.807, 2.05) is 12.1 Å². The Kier molecular flexibility index (Phi) is 3.05. The standard InChI is InChI=1S/C14H10F3NOS/c1-19-9-3-5-13-11(7-9)18-10-6-8(14(15,16)17)2-4-12(10)20-13/h2-7,18H,1H3. The molecular weight excluding hydrogens is 287 g/mol. The summed E-state index contributed by atoms with van der Waals surface area (Å²) in [7, 11) is 1.55. The maximum absolute atomic E-state index is 12.7. The molecule has 0 unspecified atom stereocenters.